The Balaban J connectivity index is 0.00000162. The largest absolute Gasteiger partial charge is 0.317 e. The maximum absolute atomic E-state index is 4.15. The monoisotopic (exact) mass is 333 g/mol. The quantitative estimate of drug-likeness (QED) is 0.858. The normalized spacial score (nSPS) is 16.6. The van der Waals surface area contributed by atoms with Crippen molar-refractivity contribution in [3.63, 3.8) is 0 Å². The van der Waals surface area contributed by atoms with Gasteiger partial charge in [-0.05, 0) is 72.5 Å². The summed E-state index contributed by atoms with van der Waals surface area (Å²) in [5.74, 6) is 0.853. The molecule has 0 radical (unpaired) electrons. The molecule has 2 heterocycles. The average molecular weight is 335 g/mol. The van der Waals surface area contributed by atoms with Gasteiger partial charge in [0.1, 0.15) is 4.60 Å². The molecule has 1 aromatic heterocycles. The lowest BCUT2D eigenvalue weighted by Gasteiger charge is -2.27. The SMILES string of the molecule is CN(Cc1ccnc(Br)c1)CC1CCNCC1.Cl. The third kappa shape index (κ3) is 5.22. The van der Waals surface area contributed by atoms with Crippen LogP contribution in [0.3, 0.4) is 0 Å². The van der Waals surface area contributed by atoms with Crippen molar-refractivity contribution in [3.8, 4) is 0 Å². The molecule has 0 saturated carbocycles. The van der Waals surface area contributed by atoms with E-state index in [2.05, 4.69) is 50.3 Å². The molecular formula is C13H21BrClN3. The predicted molar refractivity (Wildman–Crippen MR) is 81.1 cm³/mol. The van der Waals surface area contributed by atoms with Crippen molar-refractivity contribution in [2.45, 2.75) is 19.4 Å². The maximum atomic E-state index is 4.15. The molecule has 1 saturated heterocycles. The van der Waals surface area contributed by atoms with Crippen LogP contribution in [0.2, 0.25) is 0 Å². The summed E-state index contributed by atoms with van der Waals surface area (Å²) in [6.45, 7) is 4.56. The van der Waals surface area contributed by atoms with Gasteiger partial charge in [-0.3, -0.25) is 0 Å². The highest BCUT2D eigenvalue weighted by Gasteiger charge is 2.14. The fourth-order valence-electron chi connectivity index (χ4n) is 2.42. The standard InChI is InChI=1S/C13H20BrN3.ClH/c1-17(9-11-2-5-15-6-3-11)10-12-4-7-16-13(14)8-12;/h4,7-8,11,15H,2-3,5-6,9-10H2,1H3;1H. The fraction of sp³-hybridized carbons (Fsp3) is 0.615. The molecule has 0 amide bonds. The van der Waals surface area contributed by atoms with Gasteiger partial charge in [-0.15, -0.1) is 12.4 Å². The van der Waals surface area contributed by atoms with Crippen LogP contribution in [-0.2, 0) is 6.54 Å². The van der Waals surface area contributed by atoms with E-state index < -0.39 is 0 Å². The first kappa shape index (κ1) is 15.9. The smallest absolute Gasteiger partial charge is 0.106 e. The highest BCUT2D eigenvalue weighted by atomic mass is 79.9. The van der Waals surface area contributed by atoms with Gasteiger partial charge in [0.05, 0.1) is 0 Å². The molecule has 2 rings (SSSR count). The number of pyridine rings is 1. The molecule has 0 aliphatic carbocycles. The minimum atomic E-state index is 0. The molecule has 1 fully saturated rings. The van der Waals surface area contributed by atoms with Crippen molar-refractivity contribution >= 4 is 28.3 Å². The fourth-order valence-corrected chi connectivity index (χ4v) is 2.83. The van der Waals surface area contributed by atoms with E-state index in [9.17, 15) is 0 Å². The maximum Gasteiger partial charge on any atom is 0.106 e. The summed E-state index contributed by atoms with van der Waals surface area (Å²) < 4.78 is 0.922. The Morgan fingerprint density at radius 3 is 2.83 bits per heavy atom. The second-order valence-corrected chi connectivity index (χ2v) is 5.69. The molecule has 102 valence electrons. The third-order valence-electron chi connectivity index (χ3n) is 3.27. The molecule has 1 aliphatic rings. The molecule has 0 atom stereocenters. The van der Waals surface area contributed by atoms with Gasteiger partial charge in [0.2, 0.25) is 0 Å². The molecule has 1 aliphatic heterocycles. The van der Waals surface area contributed by atoms with Crippen molar-refractivity contribution in [1.82, 2.24) is 15.2 Å². The first-order valence-corrected chi connectivity index (χ1v) is 7.03. The molecule has 1 aromatic rings. The summed E-state index contributed by atoms with van der Waals surface area (Å²) in [6.07, 6.45) is 4.48. The van der Waals surface area contributed by atoms with Crippen molar-refractivity contribution in [3.05, 3.63) is 28.5 Å². The summed E-state index contributed by atoms with van der Waals surface area (Å²) >= 11 is 3.41. The van der Waals surface area contributed by atoms with E-state index in [1.807, 2.05) is 6.20 Å². The van der Waals surface area contributed by atoms with Gasteiger partial charge < -0.3 is 10.2 Å². The Morgan fingerprint density at radius 2 is 2.17 bits per heavy atom. The van der Waals surface area contributed by atoms with Crippen LogP contribution in [0.5, 0.6) is 0 Å². The first-order valence-electron chi connectivity index (χ1n) is 6.24. The lowest BCUT2D eigenvalue weighted by molar-refractivity contribution is 0.234. The van der Waals surface area contributed by atoms with Gasteiger partial charge in [0.15, 0.2) is 0 Å². The van der Waals surface area contributed by atoms with Crippen LogP contribution in [0.1, 0.15) is 18.4 Å². The zero-order valence-electron chi connectivity index (χ0n) is 10.7. The minimum Gasteiger partial charge on any atom is -0.317 e. The summed E-state index contributed by atoms with van der Waals surface area (Å²) in [7, 11) is 2.20. The predicted octanol–water partition coefficient (Wildman–Crippen LogP) is 2.70. The topological polar surface area (TPSA) is 28.2 Å². The second kappa shape index (κ2) is 8.10. The molecular weight excluding hydrogens is 314 g/mol. The Kier molecular flexibility index (Phi) is 7.15. The van der Waals surface area contributed by atoms with E-state index >= 15 is 0 Å². The zero-order valence-corrected chi connectivity index (χ0v) is 13.1. The van der Waals surface area contributed by atoms with E-state index in [1.165, 1.54) is 38.0 Å². The summed E-state index contributed by atoms with van der Waals surface area (Å²) in [5, 5.41) is 3.41. The lowest BCUT2D eigenvalue weighted by atomic mass is 9.97. The molecule has 0 aromatic carbocycles. The van der Waals surface area contributed by atoms with E-state index in [0.29, 0.717) is 0 Å². The molecule has 3 nitrogen and oxygen atoms in total. The van der Waals surface area contributed by atoms with Crippen LogP contribution in [0.25, 0.3) is 0 Å². The van der Waals surface area contributed by atoms with Gasteiger partial charge in [0, 0.05) is 19.3 Å². The van der Waals surface area contributed by atoms with Crippen molar-refractivity contribution in [2.75, 3.05) is 26.7 Å². The van der Waals surface area contributed by atoms with E-state index in [4.69, 9.17) is 0 Å². The van der Waals surface area contributed by atoms with E-state index in [-0.39, 0.29) is 12.4 Å². The Hall–Kier alpha value is -0.160. The molecule has 18 heavy (non-hydrogen) atoms. The lowest BCUT2D eigenvalue weighted by Crippen LogP contribution is -2.34. The molecule has 0 unspecified atom stereocenters. The number of rotatable bonds is 4. The van der Waals surface area contributed by atoms with E-state index in [1.54, 1.807) is 0 Å². The zero-order chi connectivity index (χ0) is 12.1. The first-order chi connectivity index (χ1) is 8.24. The highest BCUT2D eigenvalue weighted by Crippen LogP contribution is 2.15. The van der Waals surface area contributed by atoms with Crippen LogP contribution < -0.4 is 5.32 Å². The number of halogens is 2. The number of hydrogen-bond acceptors (Lipinski definition) is 3. The Labute approximate surface area is 124 Å². The third-order valence-corrected chi connectivity index (χ3v) is 3.71. The van der Waals surface area contributed by atoms with Crippen LogP contribution in [0.4, 0.5) is 0 Å². The number of hydrogen-bond donors (Lipinski definition) is 1. The molecule has 0 spiro atoms. The van der Waals surface area contributed by atoms with Gasteiger partial charge in [-0.1, -0.05) is 0 Å². The number of aromatic nitrogens is 1. The summed E-state index contributed by atoms with van der Waals surface area (Å²) in [5.41, 5.74) is 1.32. The van der Waals surface area contributed by atoms with Gasteiger partial charge in [-0.2, -0.15) is 0 Å². The van der Waals surface area contributed by atoms with Crippen molar-refractivity contribution in [2.24, 2.45) is 5.92 Å². The van der Waals surface area contributed by atoms with Crippen molar-refractivity contribution in [1.29, 1.82) is 0 Å². The Morgan fingerprint density at radius 1 is 1.44 bits per heavy atom. The van der Waals surface area contributed by atoms with Gasteiger partial charge in [0.25, 0.3) is 0 Å². The van der Waals surface area contributed by atoms with Crippen LogP contribution in [-0.4, -0.2) is 36.6 Å². The second-order valence-electron chi connectivity index (χ2n) is 4.88. The van der Waals surface area contributed by atoms with Gasteiger partial charge >= 0.3 is 0 Å². The molecule has 5 heteroatoms. The minimum absolute atomic E-state index is 0. The number of nitrogens with one attached hydrogen (secondary N) is 1. The van der Waals surface area contributed by atoms with E-state index in [0.717, 1.165) is 17.1 Å². The van der Waals surface area contributed by atoms with Crippen LogP contribution >= 0.6 is 28.3 Å². The van der Waals surface area contributed by atoms with Gasteiger partial charge in [-0.25, -0.2) is 4.98 Å². The van der Waals surface area contributed by atoms with Crippen molar-refractivity contribution < 1.29 is 0 Å². The highest BCUT2D eigenvalue weighted by molar-refractivity contribution is 9.10. The van der Waals surface area contributed by atoms with Crippen LogP contribution in [0, 0.1) is 5.92 Å². The number of piperidine rings is 1. The van der Waals surface area contributed by atoms with Crippen LogP contribution in [0.15, 0.2) is 22.9 Å². The molecule has 1 N–H and O–H groups in total. The summed E-state index contributed by atoms with van der Waals surface area (Å²) in [4.78, 5) is 6.57. The number of nitrogens with zero attached hydrogens (tertiary/aromatic N) is 2. The summed E-state index contributed by atoms with van der Waals surface area (Å²) in [6, 6.07) is 4.18. The molecule has 0 bridgehead atoms. The average Bonchev–Trinajstić information content (AvgIpc) is 2.30. The Bertz CT molecular complexity index is 356.